The average Bonchev–Trinajstić information content (AvgIpc) is 2.81. The van der Waals surface area contributed by atoms with Crippen LogP contribution in [0.15, 0.2) is 24.3 Å². The lowest BCUT2D eigenvalue weighted by Crippen LogP contribution is -2.35. The van der Waals surface area contributed by atoms with Gasteiger partial charge in [0.1, 0.15) is 23.2 Å². The van der Waals surface area contributed by atoms with Crippen LogP contribution in [0.25, 0.3) is 0 Å². The number of hydrogen-bond donors (Lipinski definition) is 2. The number of benzene rings is 1. The molecule has 9 nitrogen and oxygen atoms in total. The Morgan fingerprint density at radius 3 is 2.31 bits per heavy atom. The predicted octanol–water partition coefficient (Wildman–Crippen LogP) is 5.04. The summed E-state index contributed by atoms with van der Waals surface area (Å²) < 4.78 is 36.5. The monoisotopic (exact) mass is 502 g/mol. The number of pyridine rings is 1. The Morgan fingerprint density at radius 1 is 1.14 bits per heavy atom. The lowest BCUT2D eigenvalue weighted by molar-refractivity contribution is -0.156. The molecule has 196 valence electrons. The van der Waals surface area contributed by atoms with E-state index in [9.17, 15) is 14.4 Å². The topological polar surface area (TPSA) is 115 Å². The second-order valence-electron chi connectivity index (χ2n) is 9.23. The van der Waals surface area contributed by atoms with Crippen molar-refractivity contribution in [3.63, 3.8) is 0 Å². The Labute approximate surface area is 211 Å². The zero-order valence-corrected chi connectivity index (χ0v) is 21.9. The van der Waals surface area contributed by atoms with E-state index in [0.717, 1.165) is 6.07 Å². The van der Waals surface area contributed by atoms with Gasteiger partial charge >= 0.3 is 5.97 Å². The van der Waals surface area contributed by atoms with Crippen molar-refractivity contribution in [1.82, 2.24) is 4.98 Å². The maximum Gasteiger partial charge on any atom is 0.306 e. The Balaban J connectivity index is 2.33. The Morgan fingerprint density at radius 2 is 1.78 bits per heavy atom. The minimum absolute atomic E-state index is 0.0167. The molecular weight excluding hydrogens is 467 g/mol. The molecule has 36 heavy (non-hydrogen) atoms. The number of rotatable bonds is 12. The third kappa shape index (κ3) is 8.57. The largest absolute Gasteiger partial charge is 0.497 e. The molecule has 0 aliphatic carbocycles. The fourth-order valence-electron chi connectivity index (χ4n) is 3.34. The highest BCUT2D eigenvalue weighted by Crippen LogP contribution is 2.30. The van der Waals surface area contributed by atoms with Crippen molar-refractivity contribution in [1.29, 1.82) is 5.26 Å². The van der Waals surface area contributed by atoms with Crippen molar-refractivity contribution in [3.05, 3.63) is 35.6 Å². The van der Waals surface area contributed by atoms with Gasteiger partial charge in [0.15, 0.2) is 17.5 Å². The highest BCUT2D eigenvalue weighted by atomic mass is 19.1. The lowest BCUT2D eigenvalue weighted by atomic mass is 9.98. The molecule has 2 aromatic rings. The zero-order chi connectivity index (χ0) is 26.9. The molecule has 0 saturated carbocycles. The summed E-state index contributed by atoms with van der Waals surface area (Å²) in [5, 5.41) is 15.6. The molecule has 2 rings (SSSR count). The molecule has 10 heteroatoms. The first-order valence-electron chi connectivity index (χ1n) is 11.7. The standard InChI is InChI=1S/C26H35FN4O5/c1-8-35-15-22(16(2)9-23(32)36-26(3,4)5)30-25-21(27)10-17(14-28)24(31-25)29-18-11-19(33-6)13-20(12-18)34-7/h10-13,16,22H,8-9,15H2,1-7H3,(H2,29,30,31)/t16-,22-/m1/s1. The number of carbonyl (C=O) groups excluding carboxylic acids is 1. The maximum atomic E-state index is 14.9. The summed E-state index contributed by atoms with van der Waals surface area (Å²) in [5.41, 5.74) is -0.0519. The number of nitrogens with zero attached hydrogens (tertiary/aromatic N) is 2. The van der Waals surface area contributed by atoms with E-state index in [1.165, 1.54) is 14.2 Å². The van der Waals surface area contributed by atoms with Gasteiger partial charge in [-0.3, -0.25) is 4.79 Å². The number of halogens is 1. The van der Waals surface area contributed by atoms with Crippen molar-refractivity contribution in [2.45, 2.75) is 52.7 Å². The number of nitrogens with one attached hydrogen (secondary N) is 2. The first-order chi connectivity index (χ1) is 17.0. The van der Waals surface area contributed by atoms with Gasteiger partial charge in [0, 0.05) is 30.5 Å². The van der Waals surface area contributed by atoms with Gasteiger partial charge in [-0.05, 0) is 39.7 Å². The number of esters is 1. The quantitative estimate of drug-likeness (QED) is 0.385. The number of nitriles is 1. The molecule has 2 atom stereocenters. The Bertz CT molecular complexity index is 1060. The van der Waals surface area contributed by atoms with Crippen LogP contribution < -0.4 is 20.1 Å². The molecule has 2 N–H and O–H groups in total. The molecular formula is C26H35FN4O5. The molecule has 1 aromatic heterocycles. The number of aromatic nitrogens is 1. The van der Waals surface area contributed by atoms with Crippen LogP contribution in [-0.4, -0.2) is 50.0 Å². The summed E-state index contributed by atoms with van der Waals surface area (Å²) in [5.74, 6) is -0.194. The lowest BCUT2D eigenvalue weighted by Gasteiger charge is -2.27. The van der Waals surface area contributed by atoms with Gasteiger partial charge in [-0.15, -0.1) is 0 Å². The van der Waals surface area contributed by atoms with E-state index in [4.69, 9.17) is 18.9 Å². The summed E-state index contributed by atoms with van der Waals surface area (Å²) in [6.45, 7) is 9.77. The Kier molecular flexibility index (Phi) is 10.3. The van der Waals surface area contributed by atoms with Crippen molar-refractivity contribution < 1.29 is 28.1 Å². The van der Waals surface area contributed by atoms with Crippen molar-refractivity contribution >= 4 is 23.3 Å². The summed E-state index contributed by atoms with van der Waals surface area (Å²) in [4.78, 5) is 16.7. The minimum atomic E-state index is -0.703. The molecule has 0 amide bonds. The van der Waals surface area contributed by atoms with Crippen molar-refractivity contribution in [2.75, 3.05) is 38.1 Å². The minimum Gasteiger partial charge on any atom is -0.497 e. The number of carbonyl (C=O) groups is 1. The van der Waals surface area contributed by atoms with Crippen LogP contribution in [-0.2, 0) is 14.3 Å². The summed E-state index contributed by atoms with van der Waals surface area (Å²) >= 11 is 0. The van der Waals surface area contributed by atoms with Crippen LogP contribution in [0, 0.1) is 23.1 Å². The van der Waals surface area contributed by atoms with Crippen LogP contribution in [0.5, 0.6) is 11.5 Å². The van der Waals surface area contributed by atoms with Gasteiger partial charge in [0.05, 0.1) is 38.9 Å². The molecule has 1 aromatic carbocycles. The SMILES string of the molecule is CCOC[C@@H](Nc1nc(Nc2cc(OC)cc(OC)c2)c(C#N)cc1F)[C@H](C)CC(=O)OC(C)(C)C. The number of anilines is 3. The van der Waals surface area contributed by atoms with E-state index in [1.807, 2.05) is 19.9 Å². The van der Waals surface area contributed by atoms with E-state index in [1.54, 1.807) is 39.0 Å². The fraction of sp³-hybridized carbons (Fsp3) is 0.500. The van der Waals surface area contributed by atoms with E-state index in [-0.39, 0.29) is 42.1 Å². The molecule has 0 aliphatic rings. The second-order valence-corrected chi connectivity index (χ2v) is 9.23. The number of hydrogen-bond acceptors (Lipinski definition) is 9. The summed E-state index contributed by atoms with van der Waals surface area (Å²) in [6, 6.07) is 7.71. The highest BCUT2D eigenvalue weighted by Gasteiger charge is 2.26. The average molecular weight is 503 g/mol. The molecule has 0 fully saturated rings. The predicted molar refractivity (Wildman–Crippen MR) is 135 cm³/mol. The molecule has 0 spiro atoms. The van der Waals surface area contributed by atoms with E-state index in [0.29, 0.717) is 23.8 Å². The zero-order valence-electron chi connectivity index (χ0n) is 21.9. The summed E-state index contributed by atoms with van der Waals surface area (Å²) in [7, 11) is 3.04. The van der Waals surface area contributed by atoms with Gasteiger partial charge in [0.25, 0.3) is 0 Å². The maximum absolute atomic E-state index is 14.9. The van der Waals surface area contributed by atoms with Crippen molar-refractivity contribution in [3.8, 4) is 17.6 Å². The van der Waals surface area contributed by atoms with E-state index in [2.05, 4.69) is 15.6 Å². The van der Waals surface area contributed by atoms with Crippen molar-refractivity contribution in [2.24, 2.45) is 5.92 Å². The normalized spacial score (nSPS) is 12.8. The van der Waals surface area contributed by atoms with Crippen LogP contribution in [0.2, 0.25) is 0 Å². The molecule has 0 saturated heterocycles. The van der Waals surface area contributed by atoms with Gasteiger partial charge in [-0.2, -0.15) is 5.26 Å². The molecule has 0 unspecified atom stereocenters. The van der Waals surface area contributed by atoms with Crippen LogP contribution in [0.4, 0.5) is 21.7 Å². The van der Waals surface area contributed by atoms with Crippen LogP contribution >= 0.6 is 0 Å². The van der Waals surface area contributed by atoms with Gasteiger partial charge < -0.3 is 29.6 Å². The first-order valence-corrected chi connectivity index (χ1v) is 11.7. The van der Waals surface area contributed by atoms with Crippen LogP contribution in [0.1, 0.15) is 46.6 Å². The smallest absolute Gasteiger partial charge is 0.306 e. The number of ether oxygens (including phenoxy) is 4. The molecule has 0 aliphatic heterocycles. The van der Waals surface area contributed by atoms with E-state index < -0.39 is 17.5 Å². The van der Waals surface area contributed by atoms with Gasteiger partial charge in [-0.25, -0.2) is 9.37 Å². The third-order valence-electron chi connectivity index (χ3n) is 5.13. The van der Waals surface area contributed by atoms with Gasteiger partial charge in [-0.1, -0.05) is 6.92 Å². The van der Waals surface area contributed by atoms with Gasteiger partial charge in [0.2, 0.25) is 0 Å². The molecule has 0 radical (unpaired) electrons. The second kappa shape index (κ2) is 12.9. The molecule has 1 heterocycles. The van der Waals surface area contributed by atoms with E-state index >= 15 is 0 Å². The van der Waals surface area contributed by atoms with Crippen LogP contribution in [0.3, 0.4) is 0 Å². The molecule has 0 bridgehead atoms. The highest BCUT2D eigenvalue weighted by molar-refractivity contribution is 5.70. The fourth-order valence-corrected chi connectivity index (χ4v) is 3.34. The first kappa shape index (κ1) is 28.7. The number of methoxy groups -OCH3 is 2. The third-order valence-corrected chi connectivity index (χ3v) is 5.13. The Hall–Kier alpha value is -3.58. The summed E-state index contributed by atoms with van der Waals surface area (Å²) in [6.07, 6.45) is 0.106.